The van der Waals surface area contributed by atoms with Crippen molar-refractivity contribution in [2.24, 2.45) is 5.92 Å². The molecule has 1 aliphatic carbocycles. The molecule has 4 heteroatoms. The minimum Gasteiger partial charge on any atom is -0.355 e. The van der Waals surface area contributed by atoms with Gasteiger partial charge in [-0.1, -0.05) is 30.0 Å². The molecule has 0 unspecified atom stereocenters. The molecule has 0 saturated heterocycles. The van der Waals surface area contributed by atoms with E-state index in [1.165, 1.54) is 35.6 Å². The highest BCUT2D eigenvalue weighted by atomic mass is 32.2. The number of para-hydroxylation sites is 1. The van der Waals surface area contributed by atoms with Gasteiger partial charge in [-0.2, -0.15) is 0 Å². The molecule has 1 aliphatic rings. The van der Waals surface area contributed by atoms with Gasteiger partial charge in [-0.15, -0.1) is 0 Å². The second-order valence-electron chi connectivity index (χ2n) is 5.33. The Bertz CT molecular complexity index is 637. The summed E-state index contributed by atoms with van der Waals surface area (Å²) < 4.78 is 0. The van der Waals surface area contributed by atoms with E-state index in [2.05, 4.69) is 29.4 Å². The Morgan fingerprint density at radius 2 is 2.20 bits per heavy atom. The normalized spacial score (nSPS) is 14.4. The van der Waals surface area contributed by atoms with E-state index < -0.39 is 0 Å². The van der Waals surface area contributed by atoms with Crippen LogP contribution in [-0.4, -0.2) is 23.2 Å². The number of nitrogens with one attached hydrogen (secondary N) is 1. The van der Waals surface area contributed by atoms with Crippen LogP contribution in [0.2, 0.25) is 0 Å². The molecule has 1 aromatic heterocycles. The van der Waals surface area contributed by atoms with Crippen LogP contribution in [0.15, 0.2) is 35.4 Å². The third-order valence-electron chi connectivity index (χ3n) is 3.54. The Labute approximate surface area is 123 Å². The standard InChI is InChI=1S/C16H18N2OS/c1-11-8-16(18-14-5-3-2-4-13(11)14)20-10-15(19)17-9-12-6-7-12/h2-5,8,12H,6-7,9-10H2,1H3,(H,17,19). The van der Waals surface area contributed by atoms with Gasteiger partial charge >= 0.3 is 0 Å². The molecule has 1 amide bonds. The first-order chi connectivity index (χ1) is 9.72. The molecule has 1 heterocycles. The number of amides is 1. The zero-order valence-corrected chi connectivity index (χ0v) is 12.4. The Morgan fingerprint density at radius 3 is 3.00 bits per heavy atom. The molecule has 3 nitrogen and oxygen atoms in total. The van der Waals surface area contributed by atoms with E-state index in [4.69, 9.17) is 0 Å². The van der Waals surface area contributed by atoms with Crippen LogP contribution in [0.3, 0.4) is 0 Å². The van der Waals surface area contributed by atoms with Gasteiger partial charge in [-0.3, -0.25) is 4.79 Å². The van der Waals surface area contributed by atoms with Crippen molar-refractivity contribution in [1.29, 1.82) is 0 Å². The smallest absolute Gasteiger partial charge is 0.230 e. The summed E-state index contributed by atoms with van der Waals surface area (Å²) in [6, 6.07) is 10.2. The third-order valence-corrected chi connectivity index (χ3v) is 4.45. The molecule has 20 heavy (non-hydrogen) atoms. The Morgan fingerprint density at radius 1 is 1.40 bits per heavy atom. The lowest BCUT2D eigenvalue weighted by atomic mass is 10.1. The Hall–Kier alpha value is -1.55. The van der Waals surface area contributed by atoms with Crippen LogP contribution < -0.4 is 5.32 Å². The van der Waals surface area contributed by atoms with Gasteiger partial charge in [0.15, 0.2) is 0 Å². The second kappa shape index (κ2) is 5.83. The van der Waals surface area contributed by atoms with Gasteiger partial charge in [0, 0.05) is 11.9 Å². The van der Waals surface area contributed by atoms with Gasteiger partial charge in [-0.05, 0) is 43.4 Å². The molecule has 2 aromatic rings. The van der Waals surface area contributed by atoms with Crippen LogP contribution >= 0.6 is 11.8 Å². The van der Waals surface area contributed by atoms with Crippen molar-refractivity contribution < 1.29 is 4.79 Å². The summed E-state index contributed by atoms with van der Waals surface area (Å²) in [5.74, 6) is 1.27. The van der Waals surface area contributed by atoms with E-state index in [-0.39, 0.29) is 5.91 Å². The number of nitrogens with zero attached hydrogens (tertiary/aromatic N) is 1. The van der Waals surface area contributed by atoms with E-state index >= 15 is 0 Å². The van der Waals surface area contributed by atoms with Crippen LogP contribution in [-0.2, 0) is 4.79 Å². The monoisotopic (exact) mass is 286 g/mol. The molecular weight excluding hydrogens is 268 g/mol. The summed E-state index contributed by atoms with van der Waals surface area (Å²) in [4.78, 5) is 16.3. The predicted octanol–water partition coefficient (Wildman–Crippen LogP) is 3.16. The van der Waals surface area contributed by atoms with Crippen LogP contribution in [0.25, 0.3) is 10.9 Å². The number of thioether (sulfide) groups is 1. The minimum absolute atomic E-state index is 0.106. The van der Waals surface area contributed by atoms with Crippen LogP contribution in [0.4, 0.5) is 0 Å². The van der Waals surface area contributed by atoms with Crippen LogP contribution in [0.5, 0.6) is 0 Å². The van der Waals surface area contributed by atoms with Crippen molar-refractivity contribution in [3.05, 3.63) is 35.9 Å². The van der Waals surface area contributed by atoms with Crippen LogP contribution in [0.1, 0.15) is 18.4 Å². The number of hydrogen-bond donors (Lipinski definition) is 1. The minimum atomic E-state index is 0.106. The predicted molar refractivity (Wildman–Crippen MR) is 82.9 cm³/mol. The fourth-order valence-corrected chi connectivity index (χ4v) is 2.97. The number of hydrogen-bond acceptors (Lipinski definition) is 3. The molecule has 3 rings (SSSR count). The summed E-state index contributed by atoms with van der Waals surface area (Å²) in [5.41, 5.74) is 2.20. The number of aryl methyl sites for hydroxylation is 1. The molecule has 1 aromatic carbocycles. The molecule has 0 bridgehead atoms. The summed E-state index contributed by atoms with van der Waals surface area (Å²) >= 11 is 1.51. The van der Waals surface area contributed by atoms with E-state index in [1.54, 1.807) is 0 Å². The average molecular weight is 286 g/mol. The summed E-state index contributed by atoms with van der Waals surface area (Å²) in [6.07, 6.45) is 2.53. The highest BCUT2D eigenvalue weighted by molar-refractivity contribution is 7.99. The fraction of sp³-hybridized carbons (Fsp3) is 0.375. The summed E-state index contributed by atoms with van der Waals surface area (Å²) in [5, 5.41) is 5.07. The van der Waals surface area contributed by atoms with Gasteiger partial charge in [0.05, 0.1) is 16.3 Å². The van der Waals surface area contributed by atoms with E-state index in [0.29, 0.717) is 5.75 Å². The van der Waals surface area contributed by atoms with E-state index in [1.807, 2.05) is 18.2 Å². The number of aromatic nitrogens is 1. The van der Waals surface area contributed by atoms with Gasteiger partial charge < -0.3 is 5.32 Å². The quantitative estimate of drug-likeness (QED) is 0.859. The van der Waals surface area contributed by atoms with E-state index in [9.17, 15) is 4.79 Å². The van der Waals surface area contributed by atoms with Crippen molar-refractivity contribution in [2.45, 2.75) is 24.8 Å². The number of carbonyl (C=O) groups excluding carboxylic acids is 1. The highest BCUT2D eigenvalue weighted by Crippen LogP contribution is 2.27. The molecule has 104 valence electrons. The lowest BCUT2D eigenvalue weighted by molar-refractivity contribution is -0.118. The highest BCUT2D eigenvalue weighted by Gasteiger charge is 2.21. The molecular formula is C16H18N2OS. The zero-order chi connectivity index (χ0) is 13.9. The largest absolute Gasteiger partial charge is 0.355 e. The number of benzene rings is 1. The Balaban J connectivity index is 1.63. The summed E-state index contributed by atoms with van der Waals surface area (Å²) in [7, 11) is 0. The first kappa shape index (κ1) is 13.4. The SMILES string of the molecule is Cc1cc(SCC(=O)NCC2CC2)nc2ccccc12. The van der Waals surface area contributed by atoms with Crippen LogP contribution in [0, 0.1) is 12.8 Å². The van der Waals surface area contributed by atoms with Gasteiger partial charge in [0.2, 0.25) is 5.91 Å². The van der Waals surface area contributed by atoms with Crippen molar-refractivity contribution in [2.75, 3.05) is 12.3 Å². The van der Waals surface area contributed by atoms with Gasteiger partial charge in [0.1, 0.15) is 0 Å². The maximum Gasteiger partial charge on any atom is 0.230 e. The first-order valence-electron chi connectivity index (χ1n) is 6.98. The topological polar surface area (TPSA) is 42.0 Å². The van der Waals surface area contributed by atoms with Gasteiger partial charge in [0.25, 0.3) is 0 Å². The molecule has 0 atom stereocenters. The Kier molecular flexibility index (Phi) is 3.92. The molecule has 0 aliphatic heterocycles. The molecule has 0 spiro atoms. The number of rotatable bonds is 5. The summed E-state index contributed by atoms with van der Waals surface area (Å²) in [6.45, 7) is 2.92. The lowest BCUT2D eigenvalue weighted by Crippen LogP contribution is -2.27. The lowest BCUT2D eigenvalue weighted by Gasteiger charge is -2.06. The van der Waals surface area contributed by atoms with Crippen molar-refractivity contribution >= 4 is 28.6 Å². The fourth-order valence-electron chi connectivity index (χ4n) is 2.16. The number of fused-ring (bicyclic) bond motifs is 1. The van der Waals surface area contributed by atoms with Crippen molar-refractivity contribution in [1.82, 2.24) is 10.3 Å². The maximum atomic E-state index is 11.7. The molecule has 1 N–H and O–H groups in total. The number of pyridine rings is 1. The maximum absolute atomic E-state index is 11.7. The molecule has 0 radical (unpaired) electrons. The first-order valence-corrected chi connectivity index (χ1v) is 7.97. The van der Waals surface area contributed by atoms with Crippen molar-refractivity contribution in [3.8, 4) is 0 Å². The zero-order valence-electron chi connectivity index (χ0n) is 11.6. The third kappa shape index (κ3) is 3.31. The molecule has 1 fully saturated rings. The van der Waals surface area contributed by atoms with E-state index in [0.717, 1.165) is 23.0 Å². The second-order valence-corrected chi connectivity index (χ2v) is 6.33. The van der Waals surface area contributed by atoms with Crippen molar-refractivity contribution in [3.63, 3.8) is 0 Å². The number of carbonyl (C=O) groups is 1. The average Bonchev–Trinajstić information content (AvgIpc) is 3.27. The molecule has 1 saturated carbocycles. The van der Waals surface area contributed by atoms with Gasteiger partial charge in [-0.25, -0.2) is 4.98 Å².